The summed E-state index contributed by atoms with van der Waals surface area (Å²) in [7, 11) is 1.80. The second-order valence-corrected chi connectivity index (χ2v) is 7.51. The van der Waals surface area contributed by atoms with Gasteiger partial charge in [0, 0.05) is 31.2 Å². The minimum absolute atomic E-state index is 0.295. The van der Waals surface area contributed by atoms with Crippen molar-refractivity contribution < 1.29 is 4.52 Å². The van der Waals surface area contributed by atoms with Gasteiger partial charge in [0.1, 0.15) is 0 Å². The predicted molar refractivity (Wildman–Crippen MR) is 108 cm³/mol. The van der Waals surface area contributed by atoms with Crippen LogP contribution in [-0.4, -0.2) is 37.4 Å². The molecule has 3 aromatic heterocycles. The maximum Gasteiger partial charge on any atom is 0.261 e. The second-order valence-electron chi connectivity index (χ2n) is 7.51. The van der Waals surface area contributed by atoms with E-state index in [0.29, 0.717) is 23.6 Å². The number of hydrogen-bond acceptors (Lipinski definition) is 7. The Hall–Kier alpha value is -3.55. The smallest absolute Gasteiger partial charge is 0.261 e. The first kappa shape index (κ1) is 17.5. The molecule has 5 rings (SSSR count). The van der Waals surface area contributed by atoms with Crippen LogP contribution in [0.2, 0.25) is 0 Å². The molecule has 4 aromatic rings. The highest BCUT2D eigenvalue weighted by Gasteiger charge is 2.47. The molecule has 0 radical (unpaired) electrons. The van der Waals surface area contributed by atoms with E-state index in [4.69, 9.17) is 9.51 Å². The van der Waals surface area contributed by atoms with Crippen LogP contribution in [0.25, 0.3) is 22.6 Å². The van der Waals surface area contributed by atoms with Crippen molar-refractivity contribution in [3.8, 4) is 22.6 Å². The van der Waals surface area contributed by atoms with Crippen LogP contribution in [0, 0.1) is 5.92 Å². The van der Waals surface area contributed by atoms with E-state index in [1.54, 1.807) is 19.4 Å². The fourth-order valence-corrected chi connectivity index (χ4v) is 3.74. The van der Waals surface area contributed by atoms with Crippen molar-refractivity contribution in [2.75, 3.05) is 12.4 Å². The molecule has 1 unspecified atom stereocenters. The molecule has 2 N–H and O–H groups in total. The zero-order valence-electron chi connectivity index (χ0n) is 16.3. The lowest BCUT2D eigenvalue weighted by atomic mass is 9.77. The van der Waals surface area contributed by atoms with E-state index in [-0.39, 0.29) is 5.41 Å². The summed E-state index contributed by atoms with van der Waals surface area (Å²) >= 11 is 0. The predicted octanol–water partition coefficient (Wildman–Crippen LogP) is 3.67. The summed E-state index contributed by atoms with van der Waals surface area (Å²) in [6.45, 7) is 2.20. The summed E-state index contributed by atoms with van der Waals surface area (Å²) in [6, 6.07) is 8.50. The Bertz CT molecular complexity index is 1100. The number of rotatable bonds is 6. The topological polar surface area (TPSA) is 105 Å². The van der Waals surface area contributed by atoms with Crippen molar-refractivity contribution in [2.24, 2.45) is 5.92 Å². The van der Waals surface area contributed by atoms with Crippen LogP contribution in [0.1, 0.15) is 31.2 Å². The average molecular weight is 387 g/mol. The largest absolute Gasteiger partial charge is 0.357 e. The normalized spacial score (nSPS) is 15.8. The highest BCUT2D eigenvalue weighted by molar-refractivity contribution is 5.63. The SMILES string of the molecule is CNc1ncc(-c2ccc(C(C)(c3noc(-c4cn[nH]c4)n3)C3CC3)cc2)cn1. The number of H-pyrrole nitrogens is 1. The third kappa shape index (κ3) is 3.06. The highest BCUT2D eigenvalue weighted by Crippen LogP contribution is 2.50. The van der Waals surface area contributed by atoms with E-state index < -0.39 is 0 Å². The Morgan fingerprint density at radius 1 is 1.03 bits per heavy atom. The van der Waals surface area contributed by atoms with Crippen molar-refractivity contribution in [3.05, 3.63) is 60.4 Å². The zero-order chi connectivity index (χ0) is 19.8. The molecule has 1 aliphatic rings. The standard InChI is InChI=1S/C21H21N7O/c1-21(17-7-8-17,19-27-18(29-28-19)15-11-25-26-12-15)16-5-3-13(4-6-16)14-9-23-20(22-2)24-10-14/h3-6,9-12,17H,7-8H2,1-2H3,(H,25,26)(H,22,23,24). The van der Waals surface area contributed by atoms with Crippen molar-refractivity contribution >= 4 is 5.95 Å². The Balaban J connectivity index is 1.48. The van der Waals surface area contributed by atoms with E-state index in [9.17, 15) is 0 Å². The van der Waals surface area contributed by atoms with Gasteiger partial charge < -0.3 is 9.84 Å². The van der Waals surface area contributed by atoms with Crippen LogP contribution in [-0.2, 0) is 5.41 Å². The third-order valence-corrected chi connectivity index (χ3v) is 5.72. The molecule has 1 atom stereocenters. The number of anilines is 1. The number of aromatic nitrogens is 6. The first-order valence-corrected chi connectivity index (χ1v) is 9.62. The Labute approximate surface area is 167 Å². The summed E-state index contributed by atoms with van der Waals surface area (Å²) in [6.07, 6.45) is 9.40. The van der Waals surface area contributed by atoms with Crippen molar-refractivity contribution in [1.82, 2.24) is 30.3 Å². The van der Waals surface area contributed by atoms with Crippen LogP contribution < -0.4 is 5.32 Å². The lowest BCUT2D eigenvalue weighted by molar-refractivity contribution is 0.386. The van der Waals surface area contributed by atoms with Crippen molar-refractivity contribution in [3.63, 3.8) is 0 Å². The minimum Gasteiger partial charge on any atom is -0.357 e. The molecule has 1 fully saturated rings. The first-order valence-electron chi connectivity index (χ1n) is 9.62. The molecule has 1 aliphatic carbocycles. The van der Waals surface area contributed by atoms with Gasteiger partial charge in [-0.25, -0.2) is 9.97 Å². The van der Waals surface area contributed by atoms with Crippen LogP contribution in [0.5, 0.6) is 0 Å². The highest BCUT2D eigenvalue weighted by atomic mass is 16.5. The van der Waals surface area contributed by atoms with E-state index >= 15 is 0 Å². The van der Waals surface area contributed by atoms with Crippen molar-refractivity contribution in [2.45, 2.75) is 25.2 Å². The molecule has 146 valence electrons. The second kappa shape index (κ2) is 6.80. The van der Waals surface area contributed by atoms with E-state index in [0.717, 1.165) is 29.5 Å². The Morgan fingerprint density at radius 3 is 2.41 bits per heavy atom. The Kier molecular flexibility index (Phi) is 4.12. The van der Waals surface area contributed by atoms with Crippen LogP contribution in [0.3, 0.4) is 0 Å². The van der Waals surface area contributed by atoms with Crippen LogP contribution in [0.4, 0.5) is 5.95 Å². The molecule has 8 heteroatoms. The van der Waals surface area contributed by atoms with Gasteiger partial charge in [-0.05, 0) is 36.8 Å². The summed E-state index contributed by atoms with van der Waals surface area (Å²) in [5, 5.41) is 14.0. The van der Waals surface area contributed by atoms with Crippen LogP contribution in [0.15, 0.2) is 53.6 Å². The molecule has 0 amide bonds. The van der Waals surface area contributed by atoms with E-state index in [2.05, 4.69) is 61.8 Å². The van der Waals surface area contributed by atoms with Gasteiger partial charge in [-0.1, -0.05) is 29.4 Å². The van der Waals surface area contributed by atoms with Crippen LogP contribution >= 0.6 is 0 Å². The lowest BCUT2D eigenvalue weighted by Crippen LogP contribution is -2.28. The molecule has 29 heavy (non-hydrogen) atoms. The quantitative estimate of drug-likeness (QED) is 0.520. The summed E-state index contributed by atoms with van der Waals surface area (Å²) in [5.74, 6) is 2.31. The van der Waals surface area contributed by atoms with Gasteiger partial charge >= 0.3 is 0 Å². The van der Waals surface area contributed by atoms with E-state index in [1.165, 1.54) is 5.56 Å². The molecule has 3 heterocycles. The minimum atomic E-state index is -0.295. The summed E-state index contributed by atoms with van der Waals surface area (Å²) in [4.78, 5) is 13.3. The number of hydrogen-bond donors (Lipinski definition) is 2. The van der Waals surface area contributed by atoms with Gasteiger partial charge in [0.15, 0.2) is 5.82 Å². The number of nitrogens with zero attached hydrogens (tertiary/aromatic N) is 5. The van der Waals surface area contributed by atoms with Gasteiger partial charge in [0.05, 0.1) is 17.2 Å². The average Bonchev–Trinajstić information content (AvgIpc) is 3.27. The molecule has 1 aromatic carbocycles. The maximum atomic E-state index is 5.53. The molecule has 0 saturated heterocycles. The summed E-state index contributed by atoms with van der Waals surface area (Å²) in [5.41, 5.74) is 3.72. The molecule has 8 nitrogen and oxygen atoms in total. The first-order chi connectivity index (χ1) is 14.2. The molecule has 0 spiro atoms. The fraction of sp³-hybridized carbons (Fsp3) is 0.286. The van der Waals surface area contributed by atoms with Gasteiger partial charge in [0.25, 0.3) is 5.89 Å². The fourth-order valence-electron chi connectivity index (χ4n) is 3.74. The van der Waals surface area contributed by atoms with Gasteiger partial charge in [-0.15, -0.1) is 0 Å². The maximum absolute atomic E-state index is 5.53. The molecular weight excluding hydrogens is 366 g/mol. The van der Waals surface area contributed by atoms with Crippen molar-refractivity contribution in [1.29, 1.82) is 0 Å². The van der Waals surface area contributed by atoms with E-state index in [1.807, 2.05) is 12.4 Å². The Morgan fingerprint density at radius 2 is 1.79 bits per heavy atom. The zero-order valence-corrected chi connectivity index (χ0v) is 16.3. The lowest BCUT2D eigenvalue weighted by Gasteiger charge is -2.27. The summed E-state index contributed by atoms with van der Waals surface area (Å²) < 4.78 is 5.53. The number of benzene rings is 1. The van der Waals surface area contributed by atoms with Gasteiger partial charge in [-0.2, -0.15) is 10.1 Å². The molecule has 0 bridgehead atoms. The third-order valence-electron chi connectivity index (χ3n) is 5.72. The number of aromatic amines is 1. The monoisotopic (exact) mass is 387 g/mol. The molecule has 1 saturated carbocycles. The molecular formula is C21H21N7O. The number of nitrogens with one attached hydrogen (secondary N) is 2. The van der Waals surface area contributed by atoms with Gasteiger partial charge in [-0.3, -0.25) is 5.10 Å². The van der Waals surface area contributed by atoms with Gasteiger partial charge in [0.2, 0.25) is 5.95 Å². The molecule has 0 aliphatic heterocycles.